The second kappa shape index (κ2) is 8.45. The van der Waals surface area contributed by atoms with Gasteiger partial charge < -0.3 is 20.5 Å². The molecule has 0 saturated heterocycles. The number of hydrogen-bond donors (Lipinski definition) is 2. The maximum Gasteiger partial charge on any atom is 0.223 e. The molecule has 1 aliphatic carbocycles. The minimum atomic E-state index is 0.115. The zero-order chi connectivity index (χ0) is 13.4. The molecule has 0 bridgehead atoms. The lowest BCUT2D eigenvalue weighted by Crippen LogP contribution is -2.41. The summed E-state index contributed by atoms with van der Waals surface area (Å²) >= 11 is 0. The Bertz CT molecular complexity index is 248. The van der Waals surface area contributed by atoms with E-state index in [4.69, 9.17) is 15.2 Å². The van der Waals surface area contributed by atoms with Gasteiger partial charge in [0.2, 0.25) is 5.91 Å². The van der Waals surface area contributed by atoms with Gasteiger partial charge in [-0.2, -0.15) is 0 Å². The van der Waals surface area contributed by atoms with Gasteiger partial charge in [-0.05, 0) is 25.2 Å². The molecule has 0 aromatic rings. The van der Waals surface area contributed by atoms with E-state index >= 15 is 0 Å². The molecular weight excluding hydrogens is 232 g/mol. The van der Waals surface area contributed by atoms with Crippen LogP contribution in [-0.2, 0) is 14.3 Å². The van der Waals surface area contributed by atoms with Crippen molar-refractivity contribution in [1.82, 2.24) is 5.32 Å². The van der Waals surface area contributed by atoms with Crippen molar-refractivity contribution in [3.05, 3.63) is 0 Å². The fraction of sp³-hybridized carbons (Fsp3) is 0.923. The monoisotopic (exact) mass is 258 g/mol. The van der Waals surface area contributed by atoms with Gasteiger partial charge in [-0.25, -0.2) is 0 Å². The number of nitrogens with two attached hydrogens (primary N) is 1. The molecule has 0 aliphatic heterocycles. The van der Waals surface area contributed by atoms with Gasteiger partial charge in [0.05, 0.1) is 19.8 Å². The molecule has 0 aromatic heterocycles. The smallest absolute Gasteiger partial charge is 0.223 e. The lowest BCUT2D eigenvalue weighted by atomic mass is 9.78. The molecule has 1 aliphatic rings. The third-order valence-corrected chi connectivity index (χ3v) is 3.52. The van der Waals surface area contributed by atoms with Crippen LogP contribution in [0.5, 0.6) is 0 Å². The maximum absolute atomic E-state index is 12.0. The number of methoxy groups -OCH3 is 1. The third kappa shape index (κ3) is 5.33. The SMILES string of the molecule is COCCOCCNC(=O)C1CCC(N)CC1C. The molecule has 3 N–H and O–H groups in total. The van der Waals surface area contributed by atoms with Crippen LogP contribution < -0.4 is 11.1 Å². The molecule has 0 heterocycles. The van der Waals surface area contributed by atoms with Crippen LogP contribution in [-0.4, -0.2) is 45.4 Å². The summed E-state index contributed by atoms with van der Waals surface area (Å²) in [6.45, 7) is 4.37. The highest BCUT2D eigenvalue weighted by molar-refractivity contribution is 5.79. The highest BCUT2D eigenvalue weighted by Gasteiger charge is 2.30. The van der Waals surface area contributed by atoms with Gasteiger partial charge in [-0.15, -0.1) is 0 Å². The van der Waals surface area contributed by atoms with E-state index in [9.17, 15) is 4.79 Å². The van der Waals surface area contributed by atoms with Crippen molar-refractivity contribution < 1.29 is 14.3 Å². The summed E-state index contributed by atoms with van der Waals surface area (Å²) < 4.78 is 10.2. The van der Waals surface area contributed by atoms with Crippen molar-refractivity contribution in [1.29, 1.82) is 0 Å². The fourth-order valence-electron chi connectivity index (χ4n) is 2.45. The molecule has 106 valence electrons. The largest absolute Gasteiger partial charge is 0.382 e. The highest BCUT2D eigenvalue weighted by atomic mass is 16.5. The van der Waals surface area contributed by atoms with E-state index in [1.807, 2.05) is 0 Å². The fourth-order valence-corrected chi connectivity index (χ4v) is 2.45. The number of nitrogens with one attached hydrogen (secondary N) is 1. The van der Waals surface area contributed by atoms with Gasteiger partial charge in [0.1, 0.15) is 0 Å². The van der Waals surface area contributed by atoms with Gasteiger partial charge in [-0.1, -0.05) is 6.92 Å². The minimum absolute atomic E-state index is 0.115. The number of rotatable bonds is 7. The van der Waals surface area contributed by atoms with Crippen LogP contribution in [0.3, 0.4) is 0 Å². The van der Waals surface area contributed by atoms with Crippen molar-refractivity contribution in [3.63, 3.8) is 0 Å². The van der Waals surface area contributed by atoms with E-state index < -0.39 is 0 Å². The Labute approximate surface area is 109 Å². The summed E-state index contributed by atoms with van der Waals surface area (Å²) in [5.41, 5.74) is 5.89. The molecule has 0 spiro atoms. The second-order valence-corrected chi connectivity index (χ2v) is 5.05. The van der Waals surface area contributed by atoms with Crippen LogP contribution in [0.4, 0.5) is 0 Å². The first-order valence-corrected chi connectivity index (χ1v) is 6.75. The van der Waals surface area contributed by atoms with Crippen LogP contribution in [0.25, 0.3) is 0 Å². The van der Waals surface area contributed by atoms with Gasteiger partial charge >= 0.3 is 0 Å². The summed E-state index contributed by atoms with van der Waals surface area (Å²) in [6, 6.07) is 0.265. The van der Waals surface area contributed by atoms with E-state index in [2.05, 4.69) is 12.2 Å². The molecule has 1 fully saturated rings. The summed E-state index contributed by atoms with van der Waals surface area (Å²) in [6.07, 6.45) is 2.80. The normalized spacial score (nSPS) is 28.1. The minimum Gasteiger partial charge on any atom is -0.382 e. The Kier molecular flexibility index (Phi) is 7.23. The molecule has 0 aromatic carbocycles. The highest BCUT2D eigenvalue weighted by Crippen LogP contribution is 2.28. The third-order valence-electron chi connectivity index (χ3n) is 3.52. The van der Waals surface area contributed by atoms with Crippen molar-refractivity contribution in [3.8, 4) is 0 Å². The van der Waals surface area contributed by atoms with Crippen molar-refractivity contribution in [2.45, 2.75) is 32.2 Å². The zero-order valence-corrected chi connectivity index (χ0v) is 11.5. The molecule has 1 amide bonds. The predicted molar refractivity (Wildman–Crippen MR) is 70.2 cm³/mol. The van der Waals surface area contributed by atoms with Crippen molar-refractivity contribution >= 4 is 5.91 Å². The molecule has 5 heteroatoms. The van der Waals surface area contributed by atoms with Gasteiger partial charge in [0, 0.05) is 25.6 Å². The molecule has 5 nitrogen and oxygen atoms in total. The first-order chi connectivity index (χ1) is 8.65. The van der Waals surface area contributed by atoms with E-state index in [1.54, 1.807) is 7.11 Å². The molecule has 18 heavy (non-hydrogen) atoms. The number of ether oxygens (including phenoxy) is 2. The predicted octanol–water partition coefficient (Wildman–Crippen LogP) is 0.529. The van der Waals surface area contributed by atoms with Crippen LogP contribution >= 0.6 is 0 Å². The van der Waals surface area contributed by atoms with Gasteiger partial charge in [0.25, 0.3) is 0 Å². The first kappa shape index (κ1) is 15.4. The molecule has 3 unspecified atom stereocenters. The standard InChI is InChI=1S/C13H26N2O3/c1-10-9-11(14)3-4-12(10)13(16)15-5-6-18-8-7-17-2/h10-12H,3-9,14H2,1-2H3,(H,15,16). The quantitative estimate of drug-likeness (QED) is 0.653. The lowest BCUT2D eigenvalue weighted by Gasteiger charge is -2.31. The average molecular weight is 258 g/mol. The second-order valence-electron chi connectivity index (χ2n) is 5.05. The number of amides is 1. The molecule has 1 saturated carbocycles. The summed E-state index contributed by atoms with van der Waals surface area (Å²) in [7, 11) is 1.64. The van der Waals surface area contributed by atoms with Crippen molar-refractivity contribution in [2.75, 3.05) is 33.5 Å². The Balaban J connectivity index is 2.12. The average Bonchev–Trinajstić information content (AvgIpc) is 2.33. The van der Waals surface area contributed by atoms with Gasteiger partial charge in [0.15, 0.2) is 0 Å². The Morgan fingerprint density at radius 3 is 2.78 bits per heavy atom. The Hall–Kier alpha value is -0.650. The van der Waals surface area contributed by atoms with Crippen LogP contribution in [0.1, 0.15) is 26.2 Å². The summed E-state index contributed by atoms with van der Waals surface area (Å²) in [5, 5.41) is 2.93. The molecule has 3 atom stereocenters. The molecular formula is C13H26N2O3. The number of hydrogen-bond acceptors (Lipinski definition) is 4. The lowest BCUT2D eigenvalue weighted by molar-refractivity contribution is -0.127. The topological polar surface area (TPSA) is 73.6 Å². The molecule has 1 rings (SSSR count). The van der Waals surface area contributed by atoms with E-state index in [0.29, 0.717) is 32.3 Å². The van der Waals surface area contributed by atoms with Crippen LogP contribution in [0, 0.1) is 11.8 Å². The summed E-state index contributed by atoms with van der Waals surface area (Å²) in [4.78, 5) is 12.0. The van der Waals surface area contributed by atoms with E-state index in [1.165, 1.54) is 0 Å². The first-order valence-electron chi connectivity index (χ1n) is 6.75. The van der Waals surface area contributed by atoms with Crippen LogP contribution in [0.2, 0.25) is 0 Å². The summed E-state index contributed by atoms with van der Waals surface area (Å²) in [5.74, 6) is 0.636. The molecule has 0 radical (unpaired) electrons. The Morgan fingerprint density at radius 2 is 2.11 bits per heavy atom. The number of carbonyl (C=O) groups excluding carboxylic acids is 1. The number of carbonyl (C=O) groups is 1. The van der Waals surface area contributed by atoms with E-state index in [-0.39, 0.29) is 17.9 Å². The van der Waals surface area contributed by atoms with Crippen LogP contribution in [0.15, 0.2) is 0 Å². The Morgan fingerprint density at radius 1 is 1.33 bits per heavy atom. The zero-order valence-electron chi connectivity index (χ0n) is 11.5. The van der Waals surface area contributed by atoms with Gasteiger partial charge in [-0.3, -0.25) is 4.79 Å². The van der Waals surface area contributed by atoms with Crippen molar-refractivity contribution in [2.24, 2.45) is 17.6 Å². The van der Waals surface area contributed by atoms with E-state index in [0.717, 1.165) is 19.3 Å². The maximum atomic E-state index is 12.0.